The van der Waals surface area contributed by atoms with Crippen LogP contribution in [0, 0.1) is 0 Å². The van der Waals surface area contributed by atoms with Crippen molar-refractivity contribution in [3.05, 3.63) is 11.6 Å². The Morgan fingerprint density at radius 2 is 2.42 bits per heavy atom. The topological polar surface area (TPSA) is 47.7 Å². The third kappa shape index (κ3) is 2.04. The van der Waals surface area contributed by atoms with Crippen LogP contribution in [0.4, 0.5) is 0 Å². The summed E-state index contributed by atoms with van der Waals surface area (Å²) in [6, 6.07) is 0. The van der Waals surface area contributed by atoms with Crippen molar-refractivity contribution in [3.63, 3.8) is 0 Å². The largest absolute Gasteiger partial charge is 0.493 e. The zero-order valence-electron chi connectivity index (χ0n) is 7.67. The number of rotatable bonds is 3. The van der Waals surface area contributed by atoms with Crippen molar-refractivity contribution < 1.29 is 9.47 Å². The summed E-state index contributed by atoms with van der Waals surface area (Å²) < 4.78 is 10.2. The molecule has 2 N–H and O–H groups in total. The fraction of sp³-hybridized carbons (Fsp3) is 0.750. The SMILES string of the molecule is COCCN1CCOC(C)=C1N. The van der Waals surface area contributed by atoms with Gasteiger partial charge in [0, 0.05) is 13.7 Å². The zero-order valence-corrected chi connectivity index (χ0v) is 7.67. The normalized spacial score (nSPS) is 18.0. The Labute approximate surface area is 72.9 Å². The van der Waals surface area contributed by atoms with Crippen LogP contribution in [0.1, 0.15) is 6.92 Å². The Kier molecular flexibility index (Phi) is 3.22. The fourth-order valence-corrected chi connectivity index (χ4v) is 1.16. The first-order valence-corrected chi connectivity index (χ1v) is 4.08. The summed E-state index contributed by atoms with van der Waals surface area (Å²) in [6.45, 7) is 4.99. The van der Waals surface area contributed by atoms with Crippen LogP contribution in [-0.2, 0) is 9.47 Å². The standard InChI is InChI=1S/C8H16N2O2/c1-7-8(9)10(3-5-11-2)4-6-12-7/h3-6,9H2,1-2H3. The molecule has 4 heteroatoms. The van der Waals surface area contributed by atoms with E-state index in [1.54, 1.807) is 7.11 Å². The van der Waals surface area contributed by atoms with Gasteiger partial charge in [0.15, 0.2) is 0 Å². The molecular weight excluding hydrogens is 156 g/mol. The molecule has 0 unspecified atom stereocenters. The van der Waals surface area contributed by atoms with E-state index in [0.29, 0.717) is 6.61 Å². The maximum absolute atomic E-state index is 5.79. The van der Waals surface area contributed by atoms with Crippen molar-refractivity contribution in [3.8, 4) is 0 Å². The van der Waals surface area contributed by atoms with Crippen molar-refractivity contribution in [2.24, 2.45) is 5.73 Å². The van der Waals surface area contributed by atoms with Crippen LogP contribution in [-0.4, -0.2) is 38.3 Å². The van der Waals surface area contributed by atoms with Gasteiger partial charge in [0.25, 0.3) is 0 Å². The Bertz CT molecular complexity index is 180. The highest BCUT2D eigenvalue weighted by atomic mass is 16.5. The minimum absolute atomic E-state index is 0.702. The van der Waals surface area contributed by atoms with E-state index in [9.17, 15) is 0 Å². The molecule has 0 atom stereocenters. The quantitative estimate of drug-likeness (QED) is 0.656. The fourth-order valence-electron chi connectivity index (χ4n) is 1.16. The average molecular weight is 172 g/mol. The molecule has 1 rings (SSSR count). The molecule has 12 heavy (non-hydrogen) atoms. The number of nitrogens with zero attached hydrogens (tertiary/aromatic N) is 1. The zero-order chi connectivity index (χ0) is 8.97. The molecule has 1 heterocycles. The molecule has 0 aromatic rings. The number of ether oxygens (including phenoxy) is 2. The van der Waals surface area contributed by atoms with Gasteiger partial charge in [-0.2, -0.15) is 0 Å². The van der Waals surface area contributed by atoms with Crippen LogP contribution in [0.25, 0.3) is 0 Å². The summed E-state index contributed by atoms with van der Waals surface area (Å²) in [4.78, 5) is 2.07. The summed E-state index contributed by atoms with van der Waals surface area (Å²) >= 11 is 0. The van der Waals surface area contributed by atoms with Crippen LogP contribution >= 0.6 is 0 Å². The van der Waals surface area contributed by atoms with E-state index in [0.717, 1.165) is 31.3 Å². The third-order valence-electron chi connectivity index (χ3n) is 1.95. The van der Waals surface area contributed by atoms with Gasteiger partial charge in [-0.3, -0.25) is 0 Å². The lowest BCUT2D eigenvalue weighted by atomic mass is 10.4. The molecule has 0 spiro atoms. The highest BCUT2D eigenvalue weighted by Crippen LogP contribution is 2.11. The molecule has 70 valence electrons. The van der Waals surface area contributed by atoms with Crippen molar-refractivity contribution in [2.45, 2.75) is 6.92 Å². The van der Waals surface area contributed by atoms with Crippen molar-refractivity contribution in [2.75, 3.05) is 33.4 Å². The number of hydrogen-bond acceptors (Lipinski definition) is 4. The minimum atomic E-state index is 0.702. The summed E-state index contributed by atoms with van der Waals surface area (Å²) in [6.07, 6.45) is 0. The summed E-state index contributed by atoms with van der Waals surface area (Å²) in [5.41, 5.74) is 5.79. The lowest BCUT2D eigenvalue weighted by molar-refractivity contribution is 0.103. The monoisotopic (exact) mass is 172 g/mol. The first-order valence-electron chi connectivity index (χ1n) is 4.08. The Hall–Kier alpha value is -0.900. The molecule has 0 amide bonds. The third-order valence-corrected chi connectivity index (χ3v) is 1.95. The van der Waals surface area contributed by atoms with Crippen molar-refractivity contribution in [1.82, 2.24) is 4.90 Å². The van der Waals surface area contributed by atoms with Crippen LogP contribution in [0.3, 0.4) is 0 Å². The van der Waals surface area contributed by atoms with Crippen molar-refractivity contribution in [1.29, 1.82) is 0 Å². The molecule has 0 bridgehead atoms. The van der Waals surface area contributed by atoms with Crippen LogP contribution in [0.15, 0.2) is 11.6 Å². The maximum atomic E-state index is 5.79. The summed E-state index contributed by atoms with van der Waals surface area (Å²) in [5, 5.41) is 0. The highest BCUT2D eigenvalue weighted by molar-refractivity contribution is 5.03. The van der Waals surface area contributed by atoms with Gasteiger partial charge >= 0.3 is 0 Å². The van der Waals surface area contributed by atoms with E-state index < -0.39 is 0 Å². The van der Waals surface area contributed by atoms with Gasteiger partial charge in [-0.05, 0) is 6.92 Å². The van der Waals surface area contributed by atoms with Gasteiger partial charge in [-0.1, -0.05) is 0 Å². The predicted molar refractivity (Wildman–Crippen MR) is 46.3 cm³/mol. The lowest BCUT2D eigenvalue weighted by Gasteiger charge is -2.30. The Morgan fingerprint density at radius 3 is 3.08 bits per heavy atom. The van der Waals surface area contributed by atoms with Gasteiger partial charge in [-0.15, -0.1) is 0 Å². The highest BCUT2D eigenvalue weighted by Gasteiger charge is 2.14. The van der Waals surface area contributed by atoms with Crippen LogP contribution in [0.5, 0.6) is 0 Å². The second-order valence-corrected chi connectivity index (χ2v) is 2.77. The van der Waals surface area contributed by atoms with E-state index in [-0.39, 0.29) is 0 Å². The molecule has 0 fully saturated rings. The number of methoxy groups -OCH3 is 1. The molecule has 0 aromatic heterocycles. The van der Waals surface area contributed by atoms with Crippen molar-refractivity contribution >= 4 is 0 Å². The summed E-state index contributed by atoms with van der Waals surface area (Å²) in [7, 11) is 1.69. The Morgan fingerprint density at radius 1 is 1.67 bits per heavy atom. The molecule has 0 saturated carbocycles. The second-order valence-electron chi connectivity index (χ2n) is 2.77. The maximum Gasteiger partial charge on any atom is 0.137 e. The van der Waals surface area contributed by atoms with Crippen LogP contribution < -0.4 is 5.73 Å². The molecule has 1 aliphatic rings. The molecule has 0 saturated heterocycles. The first kappa shape index (κ1) is 9.19. The average Bonchev–Trinajstić information content (AvgIpc) is 2.08. The Balaban J connectivity index is 2.47. The molecule has 0 aliphatic carbocycles. The van der Waals surface area contributed by atoms with E-state index in [1.165, 1.54) is 0 Å². The van der Waals surface area contributed by atoms with E-state index in [1.807, 2.05) is 6.92 Å². The van der Waals surface area contributed by atoms with Crippen LogP contribution in [0.2, 0.25) is 0 Å². The van der Waals surface area contributed by atoms with Gasteiger partial charge in [0.2, 0.25) is 0 Å². The smallest absolute Gasteiger partial charge is 0.137 e. The second kappa shape index (κ2) is 4.21. The molecule has 4 nitrogen and oxygen atoms in total. The molecule has 1 aliphatic heterocycles. The van der Waals surface area contributed by atoms with Gasteiger partial charge < -0.3 is 20.1 Å². The summed E-state index contributed by atoms with van der Waals surface area (Å²) in [5.74, 6) is 1.55. The molecule has 0 radical (unpaired) electrons. The first-order chi connectivity index (χ1) is 5.75. The number of allylic oxidation sites excluding steroid dienone is 1. The number of hydrogen-bond donors (Lipinski definition) is 1. The van der Waals surface area contributed by atoms with E-state index in [4.69, 9.17) is 15.2 Å². The van der Waals surface area contributed by atoms with Gasteiger partial charge in [0.1, 0.15) is 18.2 Å². The predicted octanol–water partition coefficient (Wildman–Crippen LogP) is 0.113. The van der Waals surface area contributed by atoms with Gasteiger partial charge in [0.05, 0.1) is 13.2 Å². The minimum Gasteiger partial charge on any atom is -0.493 e. The number of nitrogens with two attached hydrogens (primary N) is 1. The van der Waals surface area contributed by atoms with E-state index in [2.05, 4.69) is 4.90 Å². The molecule has 0 aromatic carbocycles. The van der Waals surface area contributed by atoms with E-state index >= 15 is 0 Å². The van der Waals surface area contributed by atoms with Gasteiger partial charge in [-0.25, -0.2) is 0 Å². The lowest BCUT2D eigenvalue weighted by Crippen LogP contribution is -2.38. The molecular formula is C8H16N2O2.